The number of hydrogen-bond acceptors (Lipinski definition) is 5. The SMILES string of the molecule is CN(CCC(N)=S)C(=O)CN1CCN(S(C)(=O)=O)CC1. The van der Waals surface area contributed by atoms with Crippen molar-refractivity contribution in [2.45, 2.75) is 6.42 Å². The molecule has 1 aliphatic heterocycles. The van der Waals surface area contributed by atoms with Crippen molar-refractivity contribution in [2.24, 2.45) is 5.73 Å². The fourth-order valence-electron chi connectivity index (χ4n) is 1.93. The number of carbonyl (C=O) groups excluding carboxylic acids is 1. The van der Waals surface area contributed by atoms with Gasteiger partial charge in [-0.3, -0.25) is 9.69 Å². The molecule has 1 fully saturated rings. The van der Waals surface area contributed by atoms with Gasteiger partial charge in [0.1, 0.15) is 0 Å². The first-order valence-electron chi connectivity index (χ1n) is 6.40. The van der Waals surface area contributed by atoms with Crippen molar-refractivity contribution in [2.75, 3.05) is 52.6 Å². The van der Waals surface area contributed by atoms with E-state index in [1.165, 1.54) is 10.6 Å². The molecule has 0 aromatic carbocycles. The fraction of sp³-hybridized carbons (Fsp3) is 0.818. The number of sulfonamides is 1. The number of hydrogen-bond donors (Lipinski definition) is 1. The largest absolute Gasteiger partial charge is 0.393 e. The van der Waals surface area contributed by atoms with E-state index in [1.54, 1.807) is 11.9 Å². The third-order valence-corrected chi connectivity index (χ3v) is 4.79. The van der Waals surface area contributed by atoms with Crippen LogP contribution in [-0.4, -0.2) is 86.0 Å². The first kappa shape index (κ1) is 17.3. The maximum Gasteiger partial charge on any atom is 0.236 e. The highest BCUT2D eigenvalue weighted by Crippen LogP contribution is 2.06. The van der Waals surface area contributed by atoms with Crippen LogP contribution in [0, 0.1) is 0 Å². The second-order valence-electron chi connectivity index (χ2n) is 4.97. The van der Waals surface area contributed by atoms with Crippen molar-refractivity contribution in [3.63, 3.8) is 0 Å². The summed E-state index contributed by atoms with van der Waals surface area (Å²) in [6.07, 6.45) is 1.72. The molecule has 0 spiro atoms. The van der Waals surface area contributed by atoms with Crippen molar-refractivity contribution >= 4 is 33.1 Å². The molecule has 1 amide bonds. The monoisotopic (exact) mass is 322 g/mol. The molecule has 7 nitrogen and oxygen atoms in total. The maximum absolute atomic E-state index is 12.0. The first-order chi connectivity index (χ1) is 9.20. The molecule has 1 aliphatic rings. The standard InChI is InChI=1S/C11H22N4O3S2/c1-13(4-3-10(12)19)11(16)9-14-5-7-15(8-6-14)20(2,17)18/h3-9H2,1-2H3,(H2,12,19). The van der Waals surface area contributed by atoms with E-state index in [9.17, 15) is 13.2 Å². The minimum absolute atomic E-state index is 0.00550. The summed E-state index contributed by atoms with van der Waals surface area (Å²) < 4.78 is 24.2. The quantitative estimate of drug-likeness (QED) is 0.612. The van der Waals surface area contributed by atoms with Crippen LogP contribution in [0.25, 0.3) is 0 Å². The van der Waals surface area contributed by atoms with E-state index in [0.717, 1.165) is 0 Å². The molecule has 0 saturated carbocycles. The topological polar surface area (TPSA) is 86.9 Å². The van der Waals surface area contributed by atoms with Gasteiger partial charge in [-0.15, -0.1) is 0 Å². The van der Waals surface area contributed by atoms with Crippen LogP contribution >= 0.6 is 12.2 Å². The average Bonchev–Trinajstić information content (AvgIpc) is 2.35. The molecule has 1 saturated heterocycles. The molecule has 9 heteroatoms. The van der Waals surface area contributed by atoms with E-state index in [-0.39, 0.29) is 5.91 Å². The van der Waals surface area contributed by atoms with Crippen LogP contribution in [0.15, 0.2) is 0 Å². The van der Waals surface area contributed by atoms with Gasteiger partial charge in [-0.05, 0) is 0 Å². The molecular formula is C11H22N4O3S2. The molecule has 0 aliphatic carbocycles. The van der Waals surface area contributed by atoms with Gasteiger partial charge in [0, 0.05) is 46.2 Å². The molecule has 20 heavy (non-hydrogen) atoms. The number of piperazine rings is 1. The molecule has 0 aromatic heterocycles. The van der Waals surface area contributed by atoms with Crippen molar-refractivity contribution in [1.82, 2.24) is 14.1 Å². The summed E-state index contributed by atoms with van der Waals surface area (Å²) >= 11 is 4.78. The summed E-state index contributed by atoms with van der Waals surface area (Å²) in [6.45, 7) is 2.82. The van der Waals surface area contributed by atoms with Gasteiger partial charge in [0.05, 0.1) is 17.8 Å². The van der Waals surface area contributed by atoms with Crippen molar-refractivity contribution in [3.05, 3.63) is 0 Å². The molecule has 1 rings (SSSR count). The van der Waals surface area contributed by atoms with Gasteiger partial charge in [-0.25, -0.2) is 8.42 Å². The number of carbonyl (C=O) groups is 1. The van der Waals surface area contributed by atoms with Gasteiger partial charge in [-0.1, -0.05) is 12.2 Å². The minimum Gasteiger partial charge on any atom is -0.393 e. The van der Waals surface area contributed by atoms with E-state index in [1.807, 2.05) is 4.90 Å². The van der Waals surface area contributed by atoms with Gasteiger partial charge < -0.3 is 10.6 Å². The highest BCUT2D eigenvalue weighted by Gasteiger charge is 2.24. The number of nitrogens with two attached hydrogens (primary N) is 1. The molecule has 0 atom stereocenters. The summed E-state index contributed by atoms with van der Waals surface area (Å²) in [5.74, 6) is -0.00550. The van der Waals surface area contributed by atoms with Gasteiger partial charge in [0.15, 0.2) is 0 Å². The Labute approximate surface area is 125 Å². The van der Waals surface area contributed by atoms with Gasteiger partial charge in [0.25, 0.3) is 0 Å². The van der Waals surface area contributed by atoms with Gasteiger partial charge in [0.2, 0.25) is 15.9 Å². The van der Waals surface area contributed by atoms with Crippen molar-refractivity contribution in [1.29, 1.82) is 0 Å². The predicted octanol–water partition coefficient (Wildman–Crippen LogP) is -1.30. The average molecular weight is 322 g/mol. The zero-order valence-corrected chi connectivity index (χ0v) is 13.5. The Bertz CT molecular complexity index is 458. The first-order valence-corrected chi connectivity index (χ1v) is 8.65. The number of rotatable bonds is 6. The Hall–Kier alpha value is -0.770. The van der Waals surface area contributed by atoms with Gasteiger partial charge in [-0.2, -0.15) is 4.31 Å². The van der Waals surface area contributed by atoms with E-state index in [2.05, 4.69) is 0 Å². The van der Waals surface area contributed by atoms with Gasteiger partial charge >= 0.3 is 0 Å². The summed E-state index contributed by atoms with van der Waals surface area (Å²) in [4.78, 5) is 15.9. The van der Waals surface area contributed by atoms with Crippen LogP contribution in [0.1, 0.15) is 6.42 Å². The van der Waals surface area contributed by atoms with Crippen LogP contribution < -0.4 is 5.73 Å². The zero-order valence-electron chi connectivity index (χ0n) is 11.9. The lowest BCUT2D eigenvalue weighted by molar-refractivity contribution is -0.131. The zero-order chi connectivity index (χ0) is 15.3. The summed E-state index contributed by atoms with van der Waals surface area (Å²) in [6, 6.07) is 0. The second kappa shape index (κ2) is 7.30. The Kier molecular flexibility index (Phi) is 6.31. The normalized spacial score (nSPS) is 17.9. The third-order valence-electron chi connectivity index (χ3n) is 3.28. The van der Waals surface area contributed by atoms with Crippen LogP contribution in [0.4, 0.5) is 0 Å². The summed E-state index contributed by atoms with van der Waals surface area (Å²) in [7, 11) is -1.41. The number of nitrogens with zero attached hydrogens (tertiary/aromatic N) is 3. The predicted molar refractivity (Wildman–Crippen MR) is 81.9 cm³/mol. The van der Waals surface area contributed by atoms with E-state index in [4.69, 9.17) is 18.0 Å². The summed E-state index contributed by atoms with van der Waals surface area (Å²) in [5, 5.41) is 0. The molecule has 0 bridgehead atoms. The van der Waals surface area contributed by atoms with E-state index >= 15 is 0 Å². The third kappa shape index (κ3) is 5.70. The number of amides is 1. The lowest BCUT2D eigenvalue weighted by Gasteiger charge is -2.33. The minimum atomic E-state index is -3.13. The fourth-order valence-corrected chi connectivity index (χ4v) is 2.85. The highest BCUT2D eigenvalue weighted by molar-refractivity contribution is 7.88. The van der Waals surface area contributed by atoms with Crippen molar-refractivity contribution in [3.8, 4) is 0 Å². The molecular weight excluding hydrogens is 300 g/mol. The Morgan fingerprint density at radius 3 is 2.30 bits per heavy atom. The molecule has 2 N–H and O–H groups in total. The summed E-state index contributed by atoms with van der Waals surface area (Å²) in [5.41, 5.74) is 5.40. The molecule has 0 aromatic rings. The lowest BCUT2D eigenvalue weighted by atomic mass is 10.3. The van der Waals surface area contributed by atoms with E-state index in [0.29, 0.717) is 50.7 Å². The van der Waals surface area contributed by atoms with Crippen LogP contribution in [0.3, 0.4) is 0 Å². The highest BCUT2D eigenvalue weighted by atomic mass is 32.2. The molecule has 0 unspecified atom stereocenters. The smallest absolute Gasteiger partial charge is 0.236 e. The Morgan fingerprint density at radius 1 is 1.30 bits per heavy atom. The molecule has 1 heterocycles. The maximum atomic E-state index is 12.0. The lowest BCUT2D eigenvalue weighted by Crippen LogP contribution is -2.51. The number of likely N-dealkylation sites (N-methyl/N-ethyl adjacent to an activating group) is 1. The molecule has 116 valence electrons. The van der Waals surface area contributed by atoms with Crippen LogP contribution in [0.2, 0.25) is 0 Å². The number of thiocarbonyl (C=S) groups is 1. The van der Waals surface area contributed by atoms with Crippen molar-refractivity contribution < 1.29 is 13.2 Å². The molecule has 0 radical (unpaired) electrons. The second-order valence-corrected chi connectivity index (χ2v) is 7.48. The Balaban J connectivity index is 2.36. The van der Waals surface area contributed by atoms with Crippen LogP contribution in [0.5, 0.6) is 0 Å². The Morgan fingerprint density at radius 2 is 1.85 bits per heavy atom. The van der Waals surface area contributed by atoms with E-state index < -0.39 is 10.0 Å². The van der Waals surface area contributed by atoms with Crippen LogP contribution in [-0.2, 0) is 14.8 Å².